The molecular formula is C46H70O14. The summed E-state index contributed by atoms with van der Waals surface area (Å²) in [5.41, 5.74) is -2.41. The lowest BCUT2D eigenvalue weighted by Gasteiger charge is -2.72. The van der Waals surface area contributed by atoms with Crippen molar-refractivity contribution in [3.05, 3.63) is 34.9 Å². The van der Waals surface area contributed by atoms with E-state index in [9.17, 15) is 50.1 Å². The Bertz CT molecular complexity index is 1790. The van der Waals surface area contributed by atoms with Crippen molar-refractivity contribution < 1.29 is 69.1 Å². The minimum Gasteiger partial charge on any atom is -0.479 e. The van der Waals surface area contributed by atoms with Gasteiger partial charge in [0.05, 0.1) is 24.2 Å². The molecule has 338 valence electrons. The molecule has 0 bridgehead atoms. The van der Waals surface area contributed by atoms with E-state index in [1.54, 1.807) is 39.8 Å². The van der Waals surface area contributed by atoms with Crippen LogP contribution in [0.3, 0.4) is 0 Å². The van der Waals surface area contributed by atoms with E-state index in [0.717, 1.165) is 12.0 Å². The molecule has 0 aromatic heterocycles. The van der Waals surface area contributed by atoms with Gasteiger partial charge in [0.2, 0.25) is 0 Å². The van der Waals surface area contributed by atoms with Crippen LogP contribution in [0.4, 0.5) is 0 Å². The fourth-order valence-corrected chi connectivity index (χ4v) is 13.4. The van der Waals surface area contributed by atoms with Gasteiger partial charge in [0, 0.05) is 22.0 Å². The summed E-state index contributed by atoms with van der Waals surface area (Å²) in [7, 11) is 0. The van der Waals surface area contributed by atoms with Crippen molar-refractivity contribution in [1.29, 1.82) is 0 Å². The van der Waals surface area contributed by atoms with Crippen molar-refractivity contribution in [3.8, 4) is 0 Å². The monoisotopic (exact) mass is 846 g/mol. The number of hydrogen-bond donors (Lipinski definition) is 7. The summed E-state index contributed by atoms with van der Waals surface area (Å²) in [5, 5.41) is 77.8. The minimum atomic E-state index is -1.85. The van der Waals surface area contributed by atoms with E-state index < -0.39 is 101 Å². The van der Waals surface area contributed by atoms with E-state index >= 15 is 0 Å². The average molecular weight is 847 g/mol. The second kappa shape index (κ2) is 16.1. The number of aliphatic hydroxyl groups is 6. The predicted octanol–water partition coefficient (Wildman–Crippen LogP) is 3.98. The summed E-state index contributed by atoms with van der Waals surface area (Å²) in [6.45, 7) is 18.9. The first kappa shape index (κ1) is 46.8. The highest BCUT2D eigenvalue weighted by Crippen LogP contribution is 2.76. The van der Waals surface area contributed by atoms with Gasteiger partial charge in [0.15, 0.2) is 12.4 Å². The summed E-state index contributed by atoms with van der Waals surface area (Å²) in [4.78, 5) is 38.3. The van der Waals surface area contributed by atoms with Gasteiger partial charge in [-0.25, -0.2) is 14.4 Å². The van der Waals surface area contributed by atoms with Crippen molar-refractivity contribution in [2.45, 2.75) is 169 Å². The molecule has 1 saturated heterocycles. The molecule has 0 amide bonds. The molecule has 14 heteroatoms. The van der Waals surface area contributed by atoms with Crippen LogP contribution in [0.1, 0.15) is 114 Å². The molecule has 1 heterocycles. The van der Waals surface area contributed by atoms with E-state index in [1.165, 1.54) is 0 Å². The Morgan fingerprint density at radius 1 is 0.850 bits per heavy atom. The van der Waals surface area contributed by atoms with Crippen molar-refractivity contribution in [3.63, 3.8) is 0 Å². The Morgan fingerprint density at radius 2 is 1.48 bits per heavy atom. The van der Waals surface area contributed by atoms with Crippen molar-refractivity contribution in [1.82, 2.24) is 0 Å². The predicted molar refractivity (Wildman–Crippen MR) is 218 cm³/mol. The molecule has 5 aliphatic carbocycles. The Labute approximate surface area is 354 Å². The molecule has 1 aliphatic heterocycles. The second-order valence-corrected chi connectivity index (χ2v) is 20.7. The van der Waals surface area contributed by atoms with Gasteiger partial charge in [0.25, 0.3) is 0 Å². The number of allylic oxidation sites excluding steroid dienone is 4. The molecule has 4 saturated carbocycles. The highest BCUT2D eigenvalue weighted by atomic mass is 16.7. The summed E-state index contributed by atoms with van der Waals surface area (Å²) in [6, 6.07) is 0. The third-order valence-corrected chi connectivity index (χ3v) is 17.5. The van der Waals surface area contributed by atoms with Crippen LogP contribution >= 0.6 is 0 Å². The maximum Gasteiger partial charge on any atom is 0.335 e. The maximum atomic E-state index is 13.3. The number of carboxylic acid groups (broad SMARTS) is 1. The van der Waals surface area contributed by atoms with Crippen LogP contribution < -0.4 is 0 Å². The summed E-state index contributed by atoms with van der Waals surface area (Å²) >= 11 is 0. The molecular weight excluding hydrogens is 776 g/mol. The molecule has 17 unspecified atom stereocenters. The zero-order valence-corrected chi connectivity index (χ0v) is 37.0. The van der Waals surface area contributed by atoms with Gasteiger partial charge in [-0.2, -0.15) is 0 Å². The Balaban J connectivity index is 1.37. The normalized spacial score (nSPS) is 47.7. The lowest BCUT2D eigenvalue weighted by Crippen LogP contribution is -2.72. The molecule has 0 spiro atoms. The van der Waals surface area contributed by atoms with Gasteiger partial charge >= 0.3 is 17.9 Å². The fraction of sp³-hybridized carbons (Fsp3) is 0.804. The van der Waals surface area contributed by atoms with Crippen LogP contribution in [-0.2, 0) is 33.3 Å². The van der Waals surface area contributed by atoms with Crippen LogP contribution in [0.2, 0.25) is 0 Å². The lowest BCUT2D eigenvalue weighted by atomic mass is 9.33. The number of carbonyl (C=O) groups is 3. The van der Waals surface area contributed by atoms with Gasteiger partial charge in [0.1, 0.15) is 37.1 Å². The van der Waals surface area contributed by atoms with Crippen molar-refractivity contribution in [2.24, 2.45) is 50.2 Å². The molecule has 6 aliphatic rings. The van der Waals surface area contributed by atoms with Crippen LogP contribution in [0.25, 0.3) is 0 Å². The highest BCUT2D eigenvalue weighted by Gasteiger charge is 2.73. The first-order chi connectivity index (χ1) is 27.9. The number of carboxylic acids is 1. The van der Waals surface area contributed by atoms with E-state index in [1.807, 2.05) is 20.8 Å². The SMILES string of the molecule is CC=C(C)C(=O)OCC12C(O)CC3(C)C(=CCC4C5(C)CCC(OC6OC(C(=O)O)C(O)C(O)C6O)C(C)(CO)C5CCC43C)C1CC(C)(C)C(OC(=O)C(C)=CC)C2O. The van der Waals surface area contributed by atoms with E-state index in [2.05, 4.69) is 26.8 Å². The highest BCUT2D eigenvalue weighted by molar-refractivity contribution is 5.88. The molecule has 60 heavy (non-hydrogen) atoms. The number of ether oxygens (including phenoxy) is 4. The largest absolute Gasteiger partial charge is 0.479 e. The standard InChI is InChI=1S/C46H70O14/c1-11-23(3)38(55)57-22-46-26(19-41(5,6)36(35(46)52)60-39(56)24(4)12-2)25-13-14-28-42(7)17-16-30(58-40-33(51)31(49)32(50)34(59-40)37(53)54)43(8,21-47)27(42)15-18-44(28,9)45(25,10)20-29(46)48/h11-13,26-36,40,47-52H,14-22H2,1-10H3,(H,53,54). The zero-order valence-electron chi connectivity index (χ0n) is 37.0. The second-order valence-electron chi connectivity index (χ2n) is 20.7. The number of fused-ring (bicyclic) bond motifs is 7. The topological polar surface area (TPSA) is 230 Å². The minimum absolute atomic E-state index is 0.0723. The smallest absolute Gasteiger partial charge is 0.335 e. The number of carbonyl (C=O) groups excluding carboxylic acids is 2. The number of aliphatic carboxylic acids is 1. The lowest BCUT2D eigenvalue weighted by molar-refractivity contribution is -0.328. The molecule has 0 aromatic rings. The van der Waals surface area contributed by atoms with Crippen LogP contribution in [-0.4, -0.2) is 122 Å². The first-order valence-electron chi connectivity index (χ1n) is 21.8. The molecule has 5 fully saturated rings. The average Bonchev–Trinajstić information content (AvgIpc) is 3.19. The third kappa shape index (κ3) is 6.85. The first-order valence-corrected chi connectivity index (χ1v) is 21.8. The van der Waals surface area contributed by atoms with Gasteiger partial charge in [-0.05, 0) is 107 Å². The van der Waals surface area contributed by atoms with E-state index in [-0.39, 0.29) is 42.3 Å². The van der Waals surface area contributed by atoms with Crippen LogP contribution in [0.5, 0.6) is 0 Å². The molecule has 14 nitrogen and oxygen atoms in total. The number of rotatable bonds is 9. The Hall–Kier alpha value is -2.69. The Morgan fingerprint density at radius 3 is 2.08 bits per heavy atom. The Kier molecular flexibility index (Phi) is 12.6. The molecule has 6 rings (SSSR count). The van der Waals surface area contributed by atoms with E-state index in [4.69, 9.17) is 18.9 Å². The molecule has 0 aromatic carbocycles. The van der Waals surface area contributed by atoms with Gasteiger partial charge in [-0.1, -0.05) is 65.3 Å². The van der Waals surface area contributed by atoms with Crippen LogP contribution in [0.15, 0.2) is 34.9 Å². The van der Waals surface area contributed by atoms with Crippen LogP contribution in [0, 0.1) is 50.2 Å². The van der Waals surface area contributed by atoms with Crippen molar-refractivity contribution >= 4 is 17.9 Å². The molecule has 0 radical (unpaired) electrons. The van der Waals surface area contributed by atoms with E-state index in [0.29, 0.717) is 43.3 Å². The van der Waals surface area contributed by atoms with Crippen molar-refractivity contribution in [2.75, 3.05) is 13.2 Å². The maximum absolute atomic E-state index is 13.3. The van der Waals surface area contributed by atoms with Gasteiger partial charge < -0.3 is 54.7 Å². The summed E-state index contributed by atoms with van der Waals surface area (Å²) in [5.74, 6) is -3.07. The van der Waals surface area contributed by atoms with Gasteiger partial charge in [-0.15, -0.1) is 0 Å². The number of hydrogen-bond acceptors (Lipinski definition) is 13. The quantitative estimate of drug-likeness (QED) is 0.0754. The summed E-state index contributed by atoms with van der Waals surface area (Å²) < 4.78 is 23.9. The number of esters is 2. The van der Waals surface area contributed by atoms with Gasteiger partial charge in [-0.3, -0.25) is 0 Å². The fourth-order valence-electron chi connectivity index (χ4n) is 13.4. The zero-order chi connectivity index (χ0) is 44.7. The molecule has 7 N–H and O–H groups in total. The number of aliphatic hydroxyl groups excluding tert-OH is 6. The molecule has 17 atom stereocenters. The third-order valence-electron chi connectivity index (χ3n) is 17.5. The summed E-state index contributed by atoms with van der Waals surface area (Å²) in [6.07, 6.45) is -3.49.